The second-order valence-corrected chi connectivity index (χ2v) is 4.01. The molecule has 0 aromatic carbocycles. The molecule has 7 heavy (non-hydrogen) atoms. The summed E-state index contributed by atoms with van der Waals surface area (Å²) in [5.41, 5.74) is 1.46. The second kappa shape index (κ2) is 3.33. The molecule has 0 unspecified atom stereocenters. The Balaban J connectivity index is 3.72. The van der Waals surface area contributed by atoms with Crippen LogP contribution < -0.4 is 0 Å². The molecule has 2 heteroatoms. The SMILES string of the molecule is CC(C)=C(C)S[SiH3]. The third-order valence-corrected chi connectivity index (χ3v) is 3.87. The van der Waals surface area contributed by atoms with Gasteiger partial charge in [0.15, 0.2) is 0 Å². The Hall–Kier alpha value is 0.307. The van der Waals surface area contributed by atoms with E-state index in [1.54, 1.807) is 0 Å². The number of allylic oxidation sites excluding steroid dienone is 2. The Bertz CT molecular complexity index is 82.1. The van der Waals surface area contributed by atoms with Crippen molar-refractivity contribution < 1.29 is 0 Å². The molecule has 0 saturated heterocycles. The van der Waals surface area contributed by atoms with Gasteiger partial charge in [0.05, 0.1) is 9.39 Å². The largest absolute Gasteiger partial charge is 0.168 e. The van der Waals surface area contributed by atoms with Crippen molar-refractivity contribution in [3.8, 4) is 0 Å². The molecule has 0 atom stereocenters. The first-order valence-corrected chi connectivity index (χ1v) is 6.04. The van der Waals surface area contributed by atoms with Gasteiger partial charge in [-0.25, -0.2) is 0 Å². The lowest BCUT2D eigenvalue weighted by Gasteiger charge is -1.94. The minimum atomic E-state index is 1.23. The van der Waals surface area contributed by atoms with Crippen molar-refractivity contribution in [2.45, 2.75) is 20.8 Å². The molecule has 42 valence electrons. The van der Waals surface area contributed by atoms with Crippen LogP contribution in [-0.4, -0.2) is 9.39 Å². The fourth-order valence-corrected chi connectivity index (χ4v) is 1.84. The zero-order chi connectivity index (χ0) is 5.86. The molecule has 0 saturated carbocycles. The van der Waals surface area contributed by atoms with Gasteiger partial charge in [-0.15, -0.1) is 0 Å². The first-order valence-electron chi connectivity index (χ1n) is 2.36. The normalized spacial score (nSPS) is 9.00. The Morgan fingerprint density at radius 2 is 1.71 bits per heavy atom. The molecule has 0 nitrogen and oxygen atoms in total. The van der Waals surface area contributed by atoms with Crippen LogP contribution in [0.25, 0.3) is 0 Å². The van der Waals surface area contributed by atoms with Crippen LogP contribution in [0.3, 0.4) is 0 Å². The van der Waals surface area contributed by atoms with E-state index in [1.807, 2.05) is 11.2 Å². The smallest absolute Gasteiger partial charge is 0.0753 e. The number of rotatable bonds is 1. The van der Waals surface area contributed by atoms with Crippen LogP contribution in [0.4, 0.5) is 0 Å². The summed E-state index contributed by atoms with van der Waals surface area (Å²) in [6, 6.07) is 0. The summed E-state index contributed by atoms with van der Waals surface area (Å²) in [6.07, 6.45) is 0. The topological polar surface area (TPSA) is 0 Å². The Labute approximate surface area is 52.4 Å². The van der Waals surface area contributed by atoms with E-state index in [-0.39, 0.29) is 0 Å². The molecule has 0 aliphatic heterocycles. The molecule has 0 aliphatic carbocycles. The minimum Gasteiger partial charge on any atom is -0.168 e. The lowest BCUT2D eigenvalue weighted by molar-refractivity contribution is 1.35. The van der Waals surface area contributed by atoms with Crippen molar-refractivity contribution in [1.29, 1.82) is 0 Å². The third-order valence-electron chi connectivity index (χ3n) is 1.01. The van der Waals surface area contributed by atoms with Crippen LogP contribution in [-0.2, 0) is 0 Å². The van der Waals surface area contributed by atoms with E-state index in [9.17, 15) is 0 Å². The van der Waals surface area contributed by atoms with E-state index >= 15 is 0 Å². The highest BCUT2D eigenvalue weighted by atomic mass is 32.4. The standard InChI is InChI=1S/C5H12SSi/c1-4(2)5(3)6-7/h1-3,7H3. The van der Waals surface area contributed by atoms with Crippen LogP contribution in [0.1, 0.15) is 20.8 Å². The van der Waals surface area contributed by atoms with E-state index in [2.05, 4.69) is 20.8 Å². The maximum absolute atomic E-state index is 2.17. The van der Waals surface area contributed by atoms with Gasteiger partial charge < -0.3 is 0 Å². The van der Waals surface area contributed by atoms with Crippen LogP contribution in [0.15, 0.2) is 10.5 Å². The van der Waals surface area contributed by atoms with E-state index in [0.29, 0.717) is 0 Å². The summed E-state index contributed by atoms with van der Waals surface area (Å²) >= 11 is 1.95. The highest BCUT2D eigenvalue weighted by molar-refractivity contribution is 8.22. The van der Waals surface area contributed by atoms with E-state index in [4.69, 9.17) is 0 Å². The van der Waals surface area contributed by atoms with E-state index < -0.39 is 0 Å². The highest BCUT2D eigenvalue weighted by Crippen LogP contribution is 2.12. The average Bonchev–Trinajstić information content (AvgIpc) is 1.65. The molecule has 0 fully saturated rings. The maximum Gasteiger partial charge on any atom is 0.0753 e. The second-order valence-electron chi connectivity index (χ2n) is 1.76. The fraction of sp³-hybridized carbons (Fsp3) is 0.600. The van der Waals surface area contributed by atoms with Crippen molar-refractivity contribution >= 4 is 20.6 Å². The molecule has 0 amide bonds. The maximum atomic E-state index is 2.17. The predicted molar refractivity (Wildman–Crippen MR) is 41.6 cm³/mol. The summed E-state index contributed by atoms with van der Waals surface area (Å²) in [5, 5.41) is 0. The Morgan fingerprint density at radius 3 is 1.71 bits per heavy atom. The summed E-state index contributed by atoms with van der Waals surface area (Å²) in [7, 11) is 1.23. The average molecular weight is 132 g/mol. The van der Waals surface area contributed by atoms with Crippen molar-refractivity contribution in [3.05, 3.63) is 10.5 Å². The molecule has 0 spiro atoms. The predicted octanol–water partition coefficient (Wildman–Crippen LogP) is 1.31. The van der Waals surface area contributed by atoms with Gasteiger partial charge in [0, 0.05) is 0 Å². The lowest BCUT2D eigenvalue weighted by atomic mass is 10.3. The highest BCUT2D eigenvalue weighted by Gasteiger charge is 1.83. The summed E-state index contributed by atoms with van der Waals surface area (Å²) in [6.45, 7) is 6.48. The van der Waals surface area contributed by atoms with Gasteiger partial charge >= 0.3 is 0 Å². The van der Waals surface area contributed by atoms with Crippen molar-refractivity contribution in [3.63, 3.8) is 0 Å². The molecular formula is C5H12SSi. The molecule has 0 bridgehead atoms. The molecule has 0 aromatic rings. The quantitative estimate of drug-likeness (QED) is 0.485. The number of hydrogen-bond acceptors (Lipinski definition) is 1. The molecule has 0 aliphatic rings. The van der Waals surface area contributed by atoms with E-state index in [1.165, 1.54) is 19.9 Å². The van der Waals surface area contributed by atoms with Crippen molar-refractivity contribution in [2.24, 2.45) is 0 Å². The van der Waals surface area contributed by atoms with Crippen molar-refractivity contribution in [1.82, 2.24) is 0 Å². The number of hydrogen-bond donors (Lipinski definition) is 0. The molecule has 0 N–H and O–H groups in total. The molecular weight excluding hydrogens is 120 g/mol. The van der Waals surface area contributed by atoms with Crippen LogP contribution in [0.5, 0.6) is 0 Å². The third kappa shape index (κ3) is 2.94. The van der Waals surface area contributed by atoms with Gasteiger partial charge in [0.25, 0.3) is 0 Å². The Kier molecular flexibility index (Phi) is 3.47. The van der Waals surface area contributed by atoms with Crippen LogP contribution in [0.2, 0.25) is 0 Å². The minimum absolute atomic E-state index is 1.23. The van der Waals surface area contributed by atoms with Gasteiger partial charge in [-0.2, -0.15) is 11.2 Å². The first-order chi connectivity index (χ1) is 3.18. The van der Waals surface area contributed by atoms with Crippen LogP contribution >= 0.6 is 11.2 Å². The molecule has 0 aromatic heterocycles. The van der Waals surface area contributed by atoms with E-state index in [0.717, 1.165) is 0 Å². The fourth-order valence-electron chi connectivity index (χ4n) is 0.204. The molecule has 0 heterocycles. The summed E-state index contributed by atoms with van der Waals surface area (Å²) < 4.78 is 0. The molecule has 0 radical (unpaired) electrons. The van der Waals surface area contributed by atoms with Gasteiger partial charge in [-0.05, 0) is 25.7 Å². The molecule has 0 rings (SSSR count). The summed E-state index contributed by atoms with van der Waals surface area (Å²) in [5.74, 6) is 0. The van der Waals surface area contributed by atoms with Crippen molar-refractivity contribution in [2.75, 3.05) is 0 Å². The van der Waals surface area contributed by atoms with Gasteiger partial charge in [-0.3, -0.25) is 0 Å². The van der Waals surface area contributed by atoms with Gasteiger partial charge in [-0.1, -0.05) is 5.57 Å². The van der Waals surface area contributed by atoms with Gasteiger partial charge in [0.1, 0.15) is 0 Å². The van der Waals surface area contributed by atoms with Gasteiger partial charge in [0.2, 0.25) is 0 Å². The first kappa shape index (κ1) is 7.31. The monoisotopic (exact) mass is 132 g/mol. The summed E-state index contributed by atoms with van der Waals surface area (Å²) in [4.78, 5) is 1.49. The zero-order valence-electron chi connectivity index (χ0n) is 5.41. The Morgan fingerprint density at radius 1 is 1.29 bits per heavy atom. The zero-order valence-corrected chi connectivity index (χ0v) is 8.22. The van der Waals surface area contributed by atoms with Crippen LogP contribution in [0, 0.1) is 0 Å². The lowest BCUT2D eigenvalue weighted by Crippen LogP contribution is -1.69.